The van der Waals surface area contributed by atoms with Crippen molar-refractivity contribution in [3.8, 4) is 0 Å². The fourth-order valence-electron chi connectivity index (χ4n) is 1.42. The van der Waals surface area contributed by atoms with Gasteiger partial charge in [-0.1, -0.05) is 43.5 Å². The highest BCUT2D eigenvalue weighted by atomic mass is 79.9. The van der Waals surface area contributed by atoms with Crippen LogP contribution in [0.5, 0.6) is 0 Å². The molecule has 0 amide bonds. The summed E-state index contributed by atoms with van der Waals surface area (Å²) in [5, 5.41) is 0.166. The largest absolute Gasteiger partial charge is 0.280 e. The molecule has 1 N–H and O–H groups in total. The lowest BCUT2D eigenvalue weighted by Gasteiger charge is -2.09. The Morgan fingerprint density at radius 1 is 0.947 bits per heavy atom. The van der Waals surface area contributed by atoms with E-state index in [0.717, 1.165) is 8.95 Å². The molecule has 0 radical (unpaired) electrons. The lowest BCUT2D eigenvalue weighted by molar-refractivity contribution is 0.601. The number of sulfonamides is 1. The van der Waals surface area contributed by atoms with E-state index < -0.39 is 10.0 Å². The Bertz CT molecular complexity index is 702. The fraction of sp³-hybridized carbons (Fsp3) is 0. The van der Waals surface area contributed by atoms with E-state index in [1.165, 1.54) is 12.1 Å². The Labute approximate surface area is 133 Å². The summed E-state index contributed by atoms with van der Waals surface area (Å²) in [6.07, 6.45) is 0. The molecular formula is C12H8Br2ClNO2S. The van der Waals surface area contributed by atoms with E-state index in [4.69, 9.17) is 11.6 Å². The molecule has 0 aromatic heterocycles. The van der Waals surface area contributed by atoms with E-state index in [2.05, 4.69) is 36.6 Å². The molecule has 0 spiro atoms. The molecule has 3 nitrogen and oxygen atoms in total. The number of hydrogen-bond donors (Lipinski definition) is 1. The summed E-state index contributed by atoms with van der Waals surface area (Å²) in [6.45, 7) is 0. The average Bonchev–Trinajstić information content (AvgIpc) is 2.31. The zero-order valence-corrected chi connectivity index (χ0v) is 14.1. The highest BCUT2D eigenvalue weighted by Gasteiger charge is 2.18. The molecule has 0 aliphatic heterocycles. The first-order valence-corrected chi connectivity index (χ1v) is 8.57. The normalized spacial score (nSPS) is 11.3. The molecule has 0 atom stereocenters. The van der Waals surface area contributed by atoms with Gasteiger partial charge in [0.05, 0.1) is 5.02 Å². The van der Waals surface area contributed by atoms with Gasteiger partial charge in [0.1, 0.15) is 4.90 Å². The van der Waals surface area contributed by atoms with Gasteiger partial charge in [0, 0.05) is 14.6 Å². The van der Waals surface area contributed by atoms with E-state index in [9.17, 15) is 8.42 Å². The van der Waals surface area contributed by atoms with Gasteiger partial charge >= 0.3 is 0 Å². The number of anilines is 1. The number of nitrogens with one attached hydrogen (secondary N) is 1. The van der Waals surface area contributed by atoms with Crippen LogP contribution in [-0.2, 0) is 10.0 Å². The lowest BCUT2D eigenvalue weighted by Crippen LogP contribution is -2.13. The molecule has 7 heteroatoms. The molecule has 2 rings (SSSR count). The van der Waals surface area contributed by atoms with Gasteiger partial charge in [0.2, 0.25) is 0 Å². The molecule has 2 aromatic carbocycles. The zero-order chi connectivity index (χ0) is 14.0. The smallest absolute Gasteiger partial charge is 0.263 e. The van der Waals surface area contributed by atoms with Crippen LogP contribution in [0.2, 0.25) is 5.02 Å². The van der Waals surface area contributed by atoms with Crippen LogP contribution in [0.1, 0.15) is 0 Å². The number of halogens is 3. The minimum atomic E-state index is -3.69. The predicted octanol–water partition coefficient (Wildman–Crippen LogP) is 4.67. The van der Waals surface area contributed by atoms with E-state index in [1.54, 1.807) is 30.3 Å². The van der Waals surface area contributed by atoms with Gasteiger partial charge in [-0.15, -0.1) is 0 Å². The minimum absolute atomic E-state index is 0.0419. The number of rotatable bonds is 3. The van der Waals surface area contributed by atoms with Gasteiger partial charge in [0.15, 0.2) is 0 Å². The predicted molar refractivity (Wildman–Crippen MR) is 84.1 cm³/mol. The molecule has 0 aliphatic rings. The second-order valence-electron chi connectivity index (χ2n) is 3.69. The van der Waals surface area contributed by atoms with Crippen molar-refractivity contribution in [1.82, 2.24) is 0 Å². The molecule has 0 bridgehead atoms. The van der Waals surface area contributed by atoms with Crippen molar-refractivity contribution in [2.75, 3.05) is 4.72 Å². The first kappa shape index (κ1) is 14.8. The van der Waals surface area contributed by atoms with Crippen LogP contribution in [0.25, 0.3) is 0 Å². The Morgan fingerprint density at radius 3 is 2.11 bits per heavy atom. The first-order valence-electron chi connectivity index (χ1n) is 5.12. The van der Waals surface area contributed by atoms with Crippen molar-refractivity contribution in [3.63, 3.8) is 0 Å². The van der Waals surface area contributed by atoms with Crippen molar-refractivity contribution >= 4 is 59.2 Å². The Kier molecular flexibility index (Phi) is 4.55. The molecule has 100 valence electrons. The van der Waals surface area contributed by atoms with Crippen molar-refractivity contribution in [1.29, 1.82) is 0 Å². The quantitative estimate of drug-likeness (QED) is 0.777. The standard InChI is InChI=1S/C12H8Br2ClNO2S/c13-8-1-4-10(5-2-8)16-19(17,18)12-6-3-9(14)7-11(12)15/h1-7,16H. The van der Waals surface area contributed by atoms with Crippen molar-refractivity contribution in [3.05, 3.63) is 56.4 Å². The van der Waals surface area contributed by atoms with E-state index in [-0.39, 0.29) is 9.92 Å². The second-order valence-corrected chi connectivity index (χ2v) is 7.58. The third kappa shape index (κ3) is 3.72. The molecule has 2 aromatic rings. The van der Waals surface area contributed by atoms with Crippen LogP contribution in [-0.4, -0.2) is 8.42 Å². The van der Waals surface area contributed by atoms with Crippen LogP contribution in [0, 0.1) is 0 Å². The van der Waals surface area contributed by atoms with Crippen molar-refractivity contribution in [2.24, 2.45) is 0 Å². The monoisotopic (exact) mass is 423 g/mol. The maximum atomic E-state index is 12.2. The summed E-state index contributed by atoms with van der Waals surface area (Å²) in [7, 11) is -3.69. The van der Waals surface area contributed by atoms with E-state index in [1.807, 2.05) is 0 Å². The summed E-state index contributed by atoms with van der Waals surface area (Å²) < 4.78 is 28.5. The van der Waals surface area contributed by atoms with Gasteiger partial charge in [-0.05, 0) is 42.5 Å². The zero-order valence-electron chi connectivity index (χ0n) is 9.40. The van der Waals surface area contributed by atoms with Crippen LogP contribution in [0.4, 0.5) is 5.69 Å². The van der Waals surface area contributed by atoms with Crippen LogP contribution in [0.3, 0.4) is 0 Å². The van der Waals surface area contributed by atoms with Gasteiger partial charge in [-0.25, -0.2) is 8.42 Å². The van der Waals surface area contributed by atoms with Gasteiger partial charge < -0.3 is 0 Å². The summed E-state index contributed by atoms with van der Waals surface area (Å²) in [5.74, 6) is 0. The molecule has 19 heavy (non-hydrogen) atoms. The van der Waals surface area contributed by atoms with E-state index >= 15 is 0 Å². The molecular weight excluding hydrogens is 417 g/mol. The minimum Gasteiger partial charge on any atom is -0.280 e. The molecule has 0 aliphatic carbocycles. The summed E-state index contributed by atoms with van der Waals surface area (Å²) in [6, 6.07) is 11.4. The van der Waals surface area contributed by atoms with Gasteiger partial charge in [-0.2, -0.15) is 0 Å². The Hall–Kier alpha value is -0.560. The first-order chi connectivity index (χ1) is 8.88. The topological polar surface area (TPSA) is 46.2 Å². The summed E-state index contributed by atoms with van der Waals surface area (Å²) in [4.78, 5) is 0.0419. The average molecular weight is 426 g/mol. The third-order valence-corrected chi connectivity index (χ3v) is 5.17. The van der Waals surface area contributed by atoms with Crippen molar-refractivity contribution in [2.45, 2.75) is 4.90 Å². The molecule has 0 heterocycles. The summed E-state index contributed by atoms with van der Waals surface area (Å²) >= 11 is 12.5. The lowest BCUT2D eigenvalue weighted by atomic mass is 10.3. The molecule has 0 saturated heterocycles. The van der Waals surface area contributed by atoms with E-state index in [0.29, 0.717) is 5.69 Å². The van der Waals surface area contributed by atoms with Crippen LogP contribution >= 0.6 is 43.5 Å². The number of hydrogen-bond acceptors (Lipinski definition) is 2. The SMILES string of the molecule is O=S(=O)(Nc1ccc(Br)cc1)c1ccc(Br)cc1Cl. The highest BCUT2D eigenvalue weighted by Crippen LogP contribution is 2.27. The second kappa shape index (κ2) is 5.83. The molecule has 0 unspecified atom stereocenters. The fourth-order valence-corrected chi connectivity index (χ4v) is 3.78. The molecule has 0 fully saturated rings. The highest BCUT2D eigenvalue weighted by molar-refractivity contribution is 9.10. The summed E-state index contributed by atoms with van der Waals surface area (Å²) in [5.41, 5.74) is 0.474. The van der Waals surface area contributed by atoms with Gasteiger partial charge in [-0.3, -0.25) is 4.72 Å². The maximum absolute atomic E-state index is 12.2. The molecule has 0 saturated carbocycles. The van der Waals surface area contributed by atoms with Gasteiger partial charge in [0.25, 0.3) is 10.0 Å². The third-order valence-electron chi connectivity index (χ3n) is 2.28. The Morgan fingerprint density at radius 2 is 1.53 bits per heavy atom. The van der Waals surface area contributed by atoms with Crippen LogP contribution < -0.4 is 4.72 Å². The number of benzene rings is 2. The maximum Gasteiger partial charge on any atom is 0.263 e. The van der Waals surface area contributed by atoms with Crippen LogP contribution in [0.15, 0.2) is 56.3 Å². The Balaban J connectivity index is 2.35. The van der Waals surface area contributed by atoms with Crippen molar-refractivity contribution < 1.29 is 8.42 Å².